The Labute approximate surface area is 104 Å². The molecule has 0 saturated heterocycles. The first-order valence-corrected chi connectivity index (χ1v) is 5.35. The Morgan fingerprint density at radius 1 is 0.947 bits per heavy atom. The number of benzene rings is 2. The second-order valence-corrected chi connectivity index (χ2v) is 3.97. The highest BCUT2D eigenvalue weighted by molar-refractivity contribution is 5.80. The number of halogens is 4. The van der Waals surface area contributed by atoms with Gasteiger partial charge >= 0.3 is 0 Å². The molecule has 2 aromatic carbocycles. The molecule has 0 radical (unpaired) electrons. The van der Waals surface area contributed by atoms with Crippen LogP contribution in [0.25, 0.3) is 22.4 Å². The summed E-state index contributed by atoms with van der Waals surface area (Å²) in [6.45, 7) is 0. The summed E-state index contributed by atoms with van der Waals surface area (Å²) in [5.41, 5.74) is -0.188. The van der Waals surface area contributed by atoms with E-state index in [9.17, 15) is 17.6 Å². The molecule has 0 atom stereocenters. The topological polar surface area (TPSA) is 28.7 Å². The van der Waals surface area contributed by atoms with Crippen LogP contribution in [0.4, 0.5) is 17.6 Å². The van der Waals surface area contributed by atoms with Gasteiger partial charge in [-0.05, 0) is 18.2 Å². The first-order valence-electron chi connectivity index (χ1n) is 5.35. The molecule has 1 aromatic heterocycles. The molecule has 0 amide bonds. The number of fused-ring (bicyclic) bond motifs is 1. The van der Waals surface area contributed by atoms with Crippen molar-refractivity contribution in [2.45, 2.75) is 0 Å². The van der Waals surface area contributed by atoms with Gasteiger partial charge in [0.2, 0.25) is 0 Å². The quantitative estimate of drug-likeness (QED) is 0.667. The first kappa shape index (κ1) is 11.7. The van der Waals surface area contributed by atoms with Crippen molar-refractivity contribution in [2.24, 2.45) is 0 Å². The molecule has 1 N–H and O–H groups in total. The molecule has 0 aliphatic heterocycles. The zero-order valence-electron chi connectivity index (χ0n) is 9.35. The Bertz CT molecular complexity index is 780. The molecule has 0 aliphatic rings. The number of nitrogens with zero attached hydrogens (tertiary/aromatic N) is 1. The third-order valence-corrected chi connectivity index (χ3v) is 2.71. The third-order valence-electron chi connectivity index (χ3n) is 2.71. The van der Waals surface area contributed by atoms with Crippen LogP contribution >= 0.6 is 0 Å². The zero-order valence-corrected chi connectivity index (χ0v) is 9.35. The largest absolute Gasteiger partial charge is 0.338 e. The van der Waals surface area contributed by atoms with Crippen molar-refractivity contribution >= 4 is 11.0 Å². The van der Waals surface area contributed by atoms with E-state index in [0.717, 1.165) is 12.1 Å². The van der Waals surface area contributed by atoms with Gasteiger partial charge in [0.25, 0.3) is 0 Å². The third kappa shape index (κ3) is 1.85. The summed E-state index contributed by atoms with van der Waals surface area (Å²) < 4.78 is 53.2. The lowest BCUT2D eigenvalue weighted by molar-refractivity contribution is 0.510. The summed E-state index contributed by atoms with van der Waals surface area (Å²) in [5.74, 6) is -3.84. The van der Waals surface area contributed by atoms with E-state index in [2.05, 4.69) is 9.97 Å². The lowest BCUT2D eigenvalue weighted by Crippen LogP contribution is -1.90. The minimum atomic E-state index is -1.09. The molecule has 3 aromatic rings. The summed E-state index contributed by atoms with van der Waals surface area (Å²) in [5, 5.41) is 0. The van der Waals surface area contributed by atoms with E-state index >= 15 is 0 Å². The summed E-state index contributed by atoms with van der Waals surface area (Å²) in [4.78, 5) is 6.39. The van der Waals surface area contributed by atoms with E-state index in [0.29, 0.717) is 6.07 Å². The van der Waals surface area contributed by atoms with Crippen LogP contribution < -0.4 is 0 Å². The van der Waals surface area contributed by atoms with Crippen LogP contribution in [0.2, 0.25) is 0 Å². The molecule has 0 saturated carbocycles. The summed E-state index contributed by atoms with van der Waals surface area (Å²) >= 11 is 0. The number of nitrogens with one attached hydrogen (secondary N) is 1. The predicted octanol–water partition coefficient (Wildman–Crippen LogP) is 3.79. The summed E-state index contributed by atoms with van der Waals surface area (Å²) in [6, 6.07) is 5.27. The van der Waals surface area contributed by atoms with Crippen LogP contribution in [-0.4, -0.2) is 9.97 Å². The minimum Gasteiger partial charge on any atom is -0.338 e. The molecular weight excluding hydrogens is 260 g/mol. The van der Waals surface area contributed by atoms with Gasteiger partial charge in [-0.3, -0.25) is 0 Å². The molecule has 6 heteroatoms. The molecule has 3 rings (SSSR count). The van der Waals surface area contributed by atoms with E-state index in [1.54, 1.807) is 0 Å². The number of aromatic amines is 1. The summed E-state index contributed by atoms with van der Waals surface area (Å²) in [6.07, 6.45) is 0. The van der Waals surface area contributed by atoms with Gasteiger partial charge in [0.15, 0.2) is 17.5 Å². The van der Waals surface area contributed by atoms with E-state index < -0.39 is 23.3 Å². The molecular formula is C13H6F4N2. The second-order valence-electron chi connectivity index (χ2n) is 3.97. The highest BCUT2D eigenvalue weighted by atomic mass is 19.2. The van der Waals surface area contributed by atoms with E-state index in [-0.39, 0.29) is 22.4 Å². The van der Waals surface area contributed by atoms with E-state index in [1.165, 1.54) is 12.1 Å². The van der Waals surface area contributed by atoms with Gasteiger partial charge < -0.3 is 4.98 Å². The highest BCUT2D eigenvalue weighted by Crippen LogP contribution is 2.26. The van der Waals surface area contributed by atoms with Crippen molar-refractivity contribution in [3.63, 3.8) is 0 Å². The maximum absolute atomic E-state index is 13.6. The van der Waals surface area contributed by atoms with Gasteiger partial charge in [-0.25, -0.2) is 22.5 Å². The smallest absolute Gasteiger partial charge is 0.169 e. The van der Waals surface area contributed by atoms with E-state index in [4.69, 9.17) is 0 Å². The maximum atomic E-state index is 13.6. The molecule has 0 bridgehead atoms. The van der Waals surface area contributed by atoms with Crippen LogP contribution in [0.15, 0.2) is 30.3 Å². The Hall–Kier alpha value is -2.37. The average molecular weight is 266 g/mol. The Morgan fingerprint density at radius 3 is 2.53 bits per heavy atom. The predicted molar refractivity (Wildman–Crippen MR) is 61.4 cm³/mol. The molecule has 19 heavy (non-hydrogen) atoms. The Balaban J connectivity index is 2.26. The van der Waals surface area contributed by atoms with Crippen molar-refractivity contribution in [2.75, 3.05) is 0 Å². The average Bonchev–Trinajstić information content (AvgIpc) is 2.76. The Morgan fingerprint density at radius 2 is 1.74 bits per heavy atom. The number of hydrogen-bond acceptors (Lipinski definition) is 1. The monoisotopic (exact) mass is 266 g/mol. The van der Waals surface area contributed by atoms with Gasteiger partial charge in [-0.15, -0.1) is 0 Å². The second kappa shape index (κ2) is 4.08. The highest BCUT2D eigenvalue weighted by Gasteiger charge is 2.15. The van der Waals surface area contributed by atoms with Gasteiger partial charge in [-0.2, -0.15) is 0 Å². The van der Waals surface area contributed by atoms with Crippen molar-refractivity contribution < 1.29 is 17.6 Å². The minimum absolute atomic E-state index is 0.0588. The molecule has 0 aliphatic carbocycles. The summed E-state index contributed by atoms with van der Waals surface area (Å²) in [7, 11) is 0. The van der Waals surface area contributed by atoms with Crippen molar-refractivity contribution in [3.8, 4) is 11.4 Å². The van der Waals surface area contributed by atoms with Gasteiger partial charge in [0.05, 0.1) is 11.1 Å². The number of hydrogen-bond donors (Lipinski definition) is 1. The van der Waals surface area contributed by atoms with Crippen LogP contribution in [0.1, 0.15) is 0 Å². The molecule has 2 nitrogen and oxygen atoms in total. The van der Waals surface area contributed by atoms with Crippen molar-refractivity contribution in [1.82, 2.24) is 9.97 Å². The van der Waals surface area contributed by atoms with Crippen molar-refractivity contribution in [3.05, 3.63) is 53.6 Å². The molecule has 0 fully saturated rings. The van der Waals surface area contributed by atoms with Crippen LogP contribution in [-0.2, 0) is 0 Å². The fourth-order valence-electron chi connectivity index (χ4n) is 1.86. The van der Waals surface area contributed by atoms with Gasteiger partial charge in [-0.1, -0.05) is 6.07 Å². The number of H-pyrrole nitrogens is 1. The fourth-order valence-corrected chi connectivity index (χ4v) is 1.86. The number of aromatic nitrogens is 2. The van der Waals surface area contributed by atoms with Crippen LogP contribution in [0.5, 0.6) is 0 Å². The van der Waals surface area contributed by atoms with Gasteiger partial charge in [0.1, 0.15) is 17.2 Å². The lowest BCUT2D eigenvalue weighted by Gasteiger charge is -1.99. The molecule has 0 unspecified atom stereocenters. The zero-order chi connectivity index (χ0) is 13.6. The normalized spacial score (nSPS) is 11.2. The first-order chi connectivity index (χ1) is 9.06. The molecule has 96 valence electrons. The fraction of sp³-hybridized carbons (Fsp3) is 0. The van der Waals surface area contributed by atoms with Crippen LogP contribution in [0.3, 0.4) is 0 Å². The Kier molecular flexibility index (Phi) is 2.51. The SMILES string of the molecule is Fc1cc(F)c2nc(-c3cccc(F)c3F)[nH]c2c1. The van der Waals surface area contributed by atoms with Crippen molar-refractivity contribution in [1.29, 1.82) is 0 Å². The number of rotatable bonds is 1. The van der Waals surface area contributed by atoms with Crippen LogP contribution in [0, 0.1) is 23.3 Å². The molecule has 1 heterocycles. The van der Waals surface area contributed by atoms with E-state index in [1.807, 2.05) is 0 Å². The lowest BCUT2D eigenvalue weighted by atomic mass is 10.2. The standard InChI is InChI=1S/C13H6F4N2/c14-6-4-9(16)12-10(5-6)18-13(19-12)7-2-1-3-8(15)11(7)17/h1-5H,(H,18,19). The maximum Gasteiger partial charge on any atom is 0.169 e. The number of imidazole rings is 1. The van der Waals surface area contributed by atoms with Gasteiger partial charge in [0, 0.05) is 6.07 Å². The molecule has 0 spiro atoms.